The molecule has 1 aliphatic carbocycles. The van der Waals surface area contributed by atoms with Crippen LogP contribution in [0.3, 0.4) is 0 Å². The maximum absolute atomic E-state index is 12.6. The Hall–Kier alpha value is -3.20. The van der Waals surface area contributed by atoms with Crippen molar-refractivity contribution in [1.82, 2.24) is 15.3 Å². The molecule has 3 N–H and O–H groups in total. The summed E-state index contributed by atoms with van der Waals surface area (Å²) in [5.74, 6) is 5.59. The summed E-state index contributed by atoms with van der Waals surface area (Å²) < 4.78 is 0. The molecule has 2 amide bonds. The van der Waals surface area contributed by atoms with E-state index in [1.165, 1.54) is 6.20 Å². The molecular formula is C20H20N4O2. The largest absolute Gasteiger partial charge is 0.366 e. The number of carbonyl (C=O) groups is 2. The first-order chi connectivity index (χ1) is 12.6. The van der Waals surface area contributed by atoms with Gasteiger partial charge >= 0.3 is 0 Å². The lowest BCUT2D eigenvalue weighted by Crippen LogP contribution is -2.48. The van der Waals surface area contributed by atoms with Crippen LogP contribution in [0.4, 0.5) is 0 Å². The zero-order valence-electron chi connectivity index (χ0n) is 14.4. The van der Waals surface area contributed by atoms with Crippen LogP contribution in [0.25, 0.3) is 0 Å². The zero-order chi connectivity index (χ0) is 18.4. The van der Waals surface area contributed by atoms with Gasteiger partial charge < -0.3 is 11.1 Å². The molecule has 0 spiro atoms. The van der Waals surface area contributed by atoms with E-state index in [1.54, 1.807) is 36.8 Å². The first-order valence-electron chi connectivity index (χ1n) is 8.59. The lowest BCUT2D eigenvalue weighted by atomic mass is 9.81. The maximum Gasteiger partial charge on any atom is 0.252 e. The molecule has 1 aliphatic rings. The highest BCUT2D eigenvalue weighted by Gasteiger charge is 2.32. The van der Waals surface area contributed by atoms with Crippen LogP contribution in [0.1, 0.15) is 58.4 Å². The van der Waals surface area contributed by atoms with E-state index < -0.39 is 11.4 Å². The fourth-order valence-electron chi connectivity index (χ4n) is 3.06. The number of primary amides is 1. The van der Waals surface area contributed by atoms with E-state index in [-0.39, 0.29) is 5.91 Å². The van der Waals surface area contributed by atoms with Crippen LogP contribution in [-0.2, 0) is 0 Å². The molecule has 0 atom stereocenters. The van der Waals surface area contributed by atoms with Crippen molar-refractivity contribution in [3.8, 4) is 11.8 Å². The van der Waals surface area contributed by atoms with Gasteiger partial charge in [0, 0.05) is 35.9 Å². The number of nitrogens with two attached hydrogens (primary N) is 1. The molecule has 2 aromatic heterocycles. The Balaban J connectivity index is 1.86. The van der Waals surface area contributed by atoms with Crippen molar-refractivity contribution in [3.05, 3.63) is 59.7 Å². The highest BCUT2D eigenvalue weighted by atomic mass is 16.2. The van der Waals surface area contributed by atoms with Crippen LogP contribution in [0.15, 0.2) is 43.0 Å². The average molecular weight is 348 g/mol. The van der Waals surface area contributed by atoms with Gasteiger partial charge in [0.05, 0.1) is 5.56 Å². The molecule has 0 aliphatic heterocycles. The van der Waals surface area contributed by atoms with Crippen molar-refractivity contribution in [2.24, 2.45) is 5.73 Å². The molecule has 6 nitrogen and oxygen atoms in total. The summed E-state index contributed by atoms with van der Waals surface area (Å²) >= 11 is 0. The first kappa shape index (κ1) is 17.6. The third-order valence-electron chi connectivity index (χ3n) is 4.47. The monoisotopic (exact) mass is 348 g/mol. The van der Waals surface area contributed by atoms with Gasteiger partial charge in [-0.05, 0) is 31.0 Å². The molecule has 2 aromatic rings. The number of nitrogens with one attached hydrogen (secondary N) is 1. The number of aromatic nitrogens is 2. The van der Waals surface area contributed by atoms with E-state index in [0.717, 1.165) is 32.1 Å². The summed E-state index contributed by atoms with van der Waals surface area (Å²) in [4.78, 5) is 31.8. The molecule has 1 fully saturated rings. The molecule has 3 rings (SSSR count). The number of hydrogen-bond acceptors (Lipinski definition) is 4. The van der Waals surface area contributed by atoms with E-state index in [2.05, 4.69) is 27.1 Å². The molecule has 6 heteroatoms. The van der Waals surface area contributed by atoms with Crippen LogP contribution in [-0.4, -0.2) is 27.3 Å². The van der Waals surface area contributed by atoms with Gasteiger partial charge in [-0.2, -0.15) is 0 Å². The standard InChI is InChI=1S/C20H20N4O2/c21-18(25)17-12-15(13-23-14-17)4-9-20(7-2-1-3-8-20)24-19(26)16-5-10-22-11-6-16/h5-6,10-14H,1-3,7-8H2,(H2,21,25)(H,24,26). The minimum atomic E-state index is -0.582. The highest BCUT2D eigenvalue weighted by molar-refractivity contribution is 5.95. The molecular weight excluding hydrogens is 328 g/mol. The minimum absolute atomic E-state index is 0.160. The molecule has 0 radical (unpaired) electrons. The number of pyridine rings is 2. The Kier molecular flexibility index (Phi) is 5.28. The fourth-order valence-corrected chi connectivity index (χ4v) is 3.06. The highest BCUT2D eigenvalue weighted by Crippen LogP contribution is 2.28. The third kappa shape index (κ3) is 4.25. The van der Waals surface area contributed by atoms with E-state index >= 15 is 0 Å². The number of carbonyl (C=O) groups excluding carboxylic acids is 2. The summed E-state index contributed by atoms with van der Waals surface area (Å²) in [6.07, 6.45) is 10.9. The Bertz CT molecular complexity index is 862. The predicted octanol–water partition coefficient (Wildman–Crippen LogP) is 2.06. The molecule has 0 bridgehead atoms. The molecule has 0 unspecified atom stereocenters. The van der Waals surface area contributed by atoms with Crippen molar-refractivity contribution in [1.29, 1.82) is 0 Å². The van der Waals surface area contributed by atoms with E-state index in [4.69, 9.17) is 5.73 Å². The van der Waals surface area contributed by atoms with Crippen molar-refractivity contribution in [2.75, 3.05) is 0 Å². The molecule has 2 heterocycles. The van der Waals surface area contributed by atoms with Gasteiger partial charge in [-0.3, -0.25) is 19.6 Å². The normalized spacial score (nSPS) is 15.4. The average Bonchev–Trinajstić information content (AvgIpc) is 2.68. The quantitative estimate of drug-likeness (QED) is 0.830. The van der Waals surface area contributed by atoms with Gasteiger partial charge in [0.1, 0.15) is 5.54 Å². The SMILES string of the molecule is NC(=O)c1cncc(C#CC2(NC(=O)c3ccncc3)CCCCC2)c1. The molecule has 0 saturated heterocycles. The lowest BCUT2D eigenvalue weighted by molar-refractivity contribution is 0.0903. The van der Waals surface area contributed by atoms with Crippen molar-refractivity contribution in [3.63, 3.8) is 0 Å². The molecule has 0 aromatic carbocycles. The molecule has 26 heavy (non-hydrogen) atoms. The lowest BCUT2D eigenvalue weighted by Gasteiger charge is -2.33. The number of hydrogen-bond donors (Lipinski definition) is 2. The Morgan fingerprint density at radius 3 is 2.46 bits per heavy atom. The van der Waals surface area contributed by atoms with Crippen LogP contribution < -0.4 is 11.1 Å². The minimum Gasteiger partial charge on any atom is -0.366 e. The van der Waals surface area contributed by atoms with Crippen LogP contribution in [0.2, 0.25) is 0 Å². The van der Waals surface area contributed by atoms with Gasteiger partial charge in [-0.1, -0.05) is 31.1 Å². The van der Waals surface area contributed by atoms with Gasteiger partial charge in [-0.15, -0.1) is 0 Å². The summed E-state index contributed by atoms with van der Waals surface area (Å²) in [6.45, 7) is 0. The Morgan fingerprint density at radius 1 is 1.04 bits per heavy atom. The summed E-state index contributed by atoms with van der Waals surface area (Å²) in [6, 6.07) is 4.97. The topological polar surface area (TPSA) is 98.0 Å². The summed E-state index contributed by atoms with van der Waals surface area (Å²) in [5, 5.41) is 3.10. The van der Waals surface area contributed by atoms with E-state index in [9.17, 15) is 9.59 Å². The molecule has 132 valence electrons. The van der Waals surface area contributed by atoms with Gasteiger partial charge in [0.15, 0.2) is 0 Å². The van der Waals surface area contributed by atoms with Gasteiger partial charge in [0.25, 0.3) is 5.91 Å². The van der Waals surface area contributed by atoms with Gasteiger partial charge in [0.2, 0.25) is 5.91 Å². The summed E-state index contributed by atoms with van der Waals surface area (Å²) in [5.41, 5.74) is 6.18. The van der Waals surface area contributed by atoms with E-state index in [0.29, 0.717) is 16.7 Å². The van der Waals surface area contributed by atoms with Crippen molar-refractivity contribution < 1.29 is 9.59 Å². The fraction of sp³-hybridized carbons (Fsp3) is 0.300. The van der Waals surface area contributed by atoms with E-state index in [1.807, 2.05) is 0 Å². The van der Waals surface area contributed by atoms with Crippen LogP contribution in [0, 0.1) is 11.8 Å². The second-order valence-electron chi connectivity index (χ2n) is 6.41. The number of nitrogens with zero attached hydrogens (tertiary/aromatic N) is 2. The number of amides is 2. The van der Waals surface area contributed by atoms with Crippen molar-refractivity contribution >= 4 is 11.8 Å². The second kappa shape index (κ2) is 7.79. The van der Waals surface area contributed by atoms with Gasteiger partial charge in [-0.25, -0.2) is 0 Å². The van der Waals surface area contributed by atoms with Crippen LogP contribution in [0.5, 0.6) is 0 Å². The van der Waals surface area contributed by atoms with Crippen LogP contribution >= 0.6 is 0 Å². The smallest absolute Gasteiger partial charge is 0.252 e. The predicted molar refractivity (Wildman–Crippen MR) is 97.2 cm³/mol. The summed E-state index contributed by atoms with van der Waals surface area (Å²) in [7, 11) is 0. The second-order valence-corrected chi connectivity index (χ2v) is 6.41. The molecule has 1 saturated carbocycles. The third-order valence-corrected chi connectivity index (χ3v) is 4.47. The Labute approximate surface area is 152 Å². The maximum atomic E-state index is 12.6. The first-order valence-corrected chi connectivity index (χ1v) is 8.59. The Morgan fingerprint density at radius 2 is 1.77 bits per heavy atom. The zero-order valence-corrected chi connectivity index (χ0v) is 14.4. The van der Waals surface area contributed by atoms with Crippen molar-refractivity contribution in [2.45, 2.75) is 37.6 Å². The number of rotatable bonds is 3.